The molecule has 152 valence electrons. The molecule has 0 bridgehead atoms. The van der Waals surface area contributed by atoms with E-state index in [9.17, 15) is 25.5 Å². The van der Waals surface area contributed by atoms with Gasteiger partial charge < -0.3 is 30.3 Å². The van der Waals surface area contributed by atoms with Crippen LogP contribution in [0.4, 0.5) is 0 Å². The number of phenolic OH excluding ortho intramolecular Hbond substituents is 1. The van der Waals surface area contributed by atoms with E-state index in [1.807, 2.05) is 24.3 Å². The van der Waals surface area contributed by atoms with Crippen molar-refractivity contribution in [1.29, 1.82) is 0 Å². The summed E-state index contributed by atoms with van der Waals surface area (Å²) in [5, 5.41) is 49.4. The maximum absolute atomic E-state index is 10.4. The number of aromatic hydroxyl groups is 1. The van der Waals surface area contributed by atoms with Crippen molar-refractivity contribution >= 4 is 11.8 Å². The van der Waals surface area contributed by atoms with Crippen molar-refractivity contribution in [3.05, 3.63) is 59.2 Å². The Balaban J connectivity index is 1.83. The summed E-state index contributed by atoms with van der Waals surface area (Å²) in [7, 11) is 0. The molecule has 0 aliphatic carbocycles. The maximum atomic E-state index is 10.4. The Hall–Kier alpha value is -1.77. The number of benzene rings is 2. The minimum absolute atomic E-state index is 0.0756. The van der Waals surface area contributed by atoms with E-state index >= 15 is 0 Å². The van der Waals surface area contributed by atoms with Gasteiger partial charge in [-0.3, -0.25) is 0 Å². The molecule has 3 rings (SSSR count). The Morgan fingerprint density at radius 1 is 0.929 bits per heavy atom. The van der Waals surface area contributed by atoms with Crippen LogP contribution in [0.1, 0.15) is 23.6 Å². The second-order valence-electron chi connectivity index (χ2n) is 6.92. The Bertz CT molecular complexity index is 779. The van der Waals surface area contributed by atoms with E-state index in [1.165, 1.54) is 5.56 Å². The normalized spacial score (nSPS) is 27.5. The number of hydrogen-bond acceptors (Lipinski definition) is 7. The summed E-state index contributed by atoms with van der Waals surface area (Å²) < 4.78 is 5.92. The molecule has 1 aliphatic heterocycles. The van der Waals surface area contributed by atoms with Crippen LogP contribution in [0.5, 0.6) is 11.5 Å². The van der Waals surface area contributed by atoms with E-state index in [0.29, 0.717) is 17.7 Å². The molecule has 0 spiro atoms. The quantitative estimate of drug-likeness (QED) is 0.494. The van der Waals surface area contributed by atoms with Gasteiger partial charge in [0.2, 0.25) is 0 Å². The lowest BCUT2D eigenvalue weighted by Gasteiger charge is -2.39. The van der Waals surface area contributed by atoms with Gasteiger partial charge in [0.25, 0.3) is 0 Å². The lowest BCUT2D eigenvalue weighted by atomic mass is 10.0. The molecule has 2 aromatic carbocycles. The van der Waals surface area contributed by atoms with Crippen molar-refractivity contribution in [3.8, 4) is 11.5 Å². The number of ether oxygens (including phenoxy) is 1. The third kappa shape index (κ3) is 4.45. The van der Waals surface area contributed by atoms with Gasteiger partial charge in [-0.15, -0.1) is 11.8 Å². The van der Waals surface area contributed by atoms with Gasteiger partial charge in [0, 0.05) is 12.0 Å². The van der Waals surface area contributed by atoms with E-state index in [0.717, 1.165) is 23.7 Å². The first-order valence-corrected chi connectivity index (χ1v) is 10.2. The second-order valence-corrected chi connectivity index (χ2v) is 8.26. The number of rotatable bonds is 6. The first-order valence-electron chi connectivity index (χ1n) is 9.30. The Morgan fingerprint density at radius 3 is 2.25 bits per heavy atom. The third-order valence-corrected chi connectivity index (χ3v) is 6.43. The van der Waals surface area contributed by atoms with Crippen molar-refractivity contribution in [2.24, 2.45) is 0 Å². The van der Waals surface area contributed by atoms with Gasteiger partial charge in [0.15, 0.2) is 5.44 Å². The highest BCUT2D eigenvalue weighted by Gasteiger charge is 2.44. The minimum Gasteiger partial charge on any atom is -0.508 e. The van der Waals surface area contributed by atoms with E-state index in [1.54, 1.807) is 18.2 Å². The second kappa shape index (κ2) is 9.15. The molecule has 1 saturated heterocycles. The first-order chi connectivity index (χ1) is 13.4. The highest BCUT2D eigenvalue weighted by Crippen LogP contribution is 2.37. The van der Waals surface area contributed by atoms with Crippen LogP contribution >= 0.6 is 11.8 Å². The molecule has 7 heteroatoms. The van der Waals surface area contributed by atoms with Gasteiger partial charge in [-0.05, 0) is 29.7 Å². The summed E-state index contributed by atoms with van der Waals surface area (Å²) in [4.78, 5) is 0. The summed E-state index contributed by atoms with van der Waals surface area (Å²) in [6.45, 7) is 1.73. The maximum Gasteiger partial charge on any atom is 0.173 e. The largest absolute Gasteiger partial charge is 0.508 e. The molecule has 1 aliphatic rings. The number of thioether (sulfide) groups is 1. The van der Waals surface area contributed by atoms with Crippen LogP contribution in [0.15, 0.2) is 42.5 Å². The van der Waals surface area contributed by atoms with Crippen LogP contribution < -0.4 is 4.74 Å². The average molecular weight is 407 g/mol. The monoisotopic (exact) mass is 406 g/mol. The number of aliphatic hydroxyl groups is 4. The fourth-order valence-electron chi connectivity index (χ4n) is 3.23. The molecule has 5 N–H and O–H groups in total. The lowest BCUT2D eigenvalue weighted by molar-refractivity contribution is -0.0910. The molecule has 0 amide bonds. The number of hydrogen-bond donors (Lipinski definition) is 5. The zero-order valence-corrected chi connectivity index (χ0v) is 16.4. The Labute approximate surface area is 168 Å². The van der Waals surface area contributed by atoms with Crippen molar-refractivity contribution < 1.29 is 30.3 Å². The molecule has 5 atom stereocenters. The fourth-order valence-corrected chi connectivity index (χ4v) is 4.46. The fraction of sp³-hybridized carbons (Fsp3) is 0.429. The molecule has 6 nitrogen and oxygen atoms in total. The number of aliphatic hydroxyl groups excluding tert-OH is 4. The Morgan fingerprint density at radius 2 is 1.61 bits per heavy atom. The van der Waals surface area contributed by atoms with Gasteiger partial charge >= 0.3 is 0 Å². The average Bonchev–Trinajstić information content (AvgIpc) is 2.71. The van der Waals surface area contributed by atoms with E-state index in [2.05, 4.69) is 6.92 Å². The van der Waals surface area contributed by atoms with Crippen LogP contribution in [0.25, 0.3) is 0 Å². The lowest BCUT2D eigenvalue weighted by Crippen LogP contribution is -2.55. The smallest absolute Gasteiger partial charge is 0.173 e. The van der Waals surface area contributed by atoms with Gasteiger partial charge in [-0.1, -0.05) is 37.3 Å². The molecule has 0 radical (unpaired) electrons. The van der Waals surface area contributed by atoms with Crippen LogP contribution in [-0.4, -0.2) is 61.1 Å². The van der Waals surface area contributed by atoms with Crippen LogP contribution in [0, 0.1) is 0 Å². The zero-order valence-electron chi connectivity index (χ0n) is 15.6. The molecule has 2 aromatic rings. The summed E-state index contributed by atoms with van der Waals surface area (Å²) in [6.07, 6.45) is -2.62. The molecule has 1 heterocycles. The molecule has 28 heavy (non-hydrogen) atoms. The van der Waals surface area contributed by atoms with E-state index in [-0.39, 0.29) is 12.4 Å². The van der Waals surface area contributed by atoms with Gasteiger partial charge in [0.1, 0.15) is 23.7 Å². The summed E-state index contributed by atoms with van der Waals surface area (Å²) in [5.41, 5.74) is 1.91. The Kier molecular flexibility index (Phi) is 6.85. The van der Waals surface area contributed by atoms with Crippen LogP contribution in [-0.2, 0) is 12.8 Å². The van der Waals surface area contributed by atoms with E-state index in [4.69, 9.17) is 4.74 Å². The highest BCUT2D eigenvalue weighted by atomic mass is 32.2. The summed E-state index contributed by atoms with van der Waals surface area (Å²) >= 11 is 1.06. The van der Waals surface area contributed by atoms with Crippen molar-refractivity contribution in [2.45, 2.75) is 48.8 Å². The standard InChI is InChI=1S/C21H26O6S/c1-2-12-6-8-13(9-7-12)10-14-15(23)4-3-5-16(14)27-21-20(26)19(25)18(24)17(11-22)28-21/h3-9,17-26H,2,10-11H2,1H3/t17-,18-,19+,20-,21-/m1/s1. The predicted molar refractivity (Wildman–Crippen MR) is 108 cm³/mol. The number of aryl methyl sites for hydroxylation is 1. The van der Waals surface area contributed by atoms with Crippen molar-refractivity contribution in [3.63, 3.8) is 0 Å². The summed E-state index contributed by atoms with van der Waals surface area (Å²) in [6, 6.07) is 13.0. The SMILES string of the molecule is CCc1ccc(Cc2c(O)cccc2O[C@@H]2S[C@H](CO)[C@@H](O)[C@H](O)[C@H]2O)cc1. The molecular weight excluding hydrogens is 380 g/mol. The molecule has 1 fully saturated rings. The van der Waals surface area contributed by atoms with Gasteiger partial charge in [-0.2, -0.15) is 0 Å². The molecule has 0 aromatic heterocycles. The highest BCUT2D eigenvalue weighted by molar-refractivity contribution is 8.00. The topological polar surface area (TPSA) is 110 Å². The molecule has 0 unspecified atom stereocenters. The zero-order chi connectivity index (χ0) is 20.3. The number of phenols is 1. The first kappa shape index (κ1) is 21.0. The van der Waals surface area contributed by atoms with E-state index < -0.39 is 29.0 Å². The van der Waals surface area contributed by atoms with Gasteiger partial charge in [0.05, 0.1) is 18.0 Å². The summed E-state index contributed by atoms with van der Waals surface area (Å²) in [5.74, 6) is 0.461. The molecular formula is C21H26O6S. The molecule has 0 saturated carbocycles. The van der Waals surface area contributed by atoms with Crippen molar-refractivity contribution in [2.75, 3.05) is 6.61 Å². The van der Waals surface area contributed by atoms with Crippen molar-refractivity contribution in [1.82, 2.24) is 0 Å². The predicted octanol–water partition coefficient (Wildman–Crippen LogP) is 1.44. The van der Waals surface area contributed by atoms with Crippen LogP contribution in [0.2, 0.25) is 0 Å². The minimum atomic E-state index is -1.43. The third-order valence-electron chi connectivity index (χ3n) is 5.01. The van der Waals surface area contributed by atoms with Gasteiger partial charge in [-0.25, -0.2) is 0 Å². The van der Waals surface area contributed by atoms with Crippen LogP contribution in [0.3, 0.4) is 0 Å².